The number of amidine groups is 1. The summed E-state index contributed by atoms with van der Waals surface area (Å²) in [5, 5.41) is 13.4. The summed E-state index contributed by atoms with van der Waals surface area (Å²) in [5.74, 6) is 0.228. The second kappa shape index (κ2) is 9.16. The summed E-state index contributed by atoms with van der Waals surface area (Å²) >= 11 is 0. The summed E-state index contributed by atoms with van der Waals surface area (Å²) in [7, 11) is 2.04. The summed E-state index contributed by atoms with van der Waals surface area (Å²) in [6.45, 7) is 0. The van der Waals surface area contributed by atoms with E-state index in [1.165, 1.54) is 21.5 Å². The van der Waals surface area contributed by atoms with Gasteiger partial charge in [0.15, 0.2) is 5.84 Å². The molecule has 0 aliphatic rings. The largest absolute Gasteiger partial charge is 0.345 e. The molecule has 1 aromatic heterocycles. The molecule has 0 saturated heterocycles. The van der Waals surface area contributed by atoms with Crippen molar-refractivity contribution in [2.45, 2.75) is 0 Å². The molecule has 0 fully saturated rings. The Morgan fingerprint density at radius 3 is 1.86 bits per heavy atom. The number of rotatable bonds is 3. The number of aromatic amines is 1. The average Bonchev–Trinajstić information content (AvgIpc) is 2.93. The molecule has 0 atom stereocenters. The van der Waals surface area contributed by atoms with Crippen molar-refractivity contribution in [2.75, 3.05) is 0 Å². The summed E-state index contributed by atoms with van der Waals surface area (Å²) in [5.41, 5.74) is 6.84. The van der Waals surface area contributed by atoms with Crippen LogP contribution in [0, 0.1) is 5.41 Å². The van der Waals surface area contributed by atoms with E-state index in [9.17, 15) is 0 Å². The Labute approximate surface area is 210 Å². The van der Waals surface area contributed by atoms with Gasteiger partial charge in [-0.1, -0.05) is 103 Å². The number of fused-ring (bicyclic) bond motifs is 2. The van der Waals surface area contributed by atoms with E-state index >= 15 is 0 Å². The third-order valence-corrected chi connectivity index (χ3v) is 6.61. The van der Waals surface area contributed by atoms with Gasteiger partial charge in [-0.25, -0.2) is 4.99 Å². The molecule has 0 bridgehead atoms. The van der Waals surface area contributed by atoms with E-state index in [2.05, 4.69) is 96.0 Å². The zero-order valence-corrected chi connectivity index (χ0v) is 20.0. The highest BCUT2D eigenvalue weighted by molar-refractivity contribution is 6.32. The molecule has 0 saturated carbocycles. The number of nitrogens with zero attached hydrogens (tertiary/aromatic N) is 1. The second-order valence-corrected chi connectivity index (χ2v) is 9.10. The Balaban J connectivity index is 1.53. The van der Waals surface area contributed by atoms with Crippen molar-refractivity contribution in [1.29, 1.82) is 5.41 Å². The molecule has 4 heteroatoms. The van der Waals surface area contributed by atoms with E-state index in [-0.39, 0.29) is 5.84 Å². The first-order valence-electron chi connectivity index (χ1n) is 12.1. The third kappa shape index (κ3) is 4.25. The second-order valence-electron chi connectivity index (χ2n) is 9.10. The van der Waals surface area contributed by atoms with Crippen LogP contribution in [0.5, 0.6) is 0 Å². The van der Waals surface area contributed by atoms with Crippen molar-refractivity contribution >= 4 is 40.7 Å². The topological polar surface area (TPSA) is 52.0 Å². The normalized spacial score (nSPS) is 11.7. The number of benzene rings is 5. The number of pyridine rings is 1. The van der Waals surface area contributed by atoms with Crippen LogP contribution >= 0.6 is 0 Å². The maximum Gasteiger partial charge on any atom is 0.154 e. The first kappa shape index (κ1) is 21.8. The molecule has 5 aromatic carbocycles. The van der Waals surface area contributed by atoms with E-state index in [4.69, 9.17) is 10.4 Å². The first-order valence-corrected chi connectivity index (χ1v) is 12.1. The minimum atomic E-state index is 0.228. The Kier molecular flexibility index (Phi) is 5.55. The molecule has 0 aliphatic carbocycles. The third-order valence-electron chi connectivity index (χ3n) is 6.61. The van der Waals surface area contributed by atoms with Crippen LogP contribution in [0.3, 0.4) is 0 Å². The minimum absolute atomic E-state index is 0.228. The van der Waals surface area contributed by atoms with E-state index in [1.807, 2.05) is 38.3 Å². The maximum atomic E-state index is 8.65. The zero-order chi connectivity index (χ0) is 24.5. The molecule has 170 valence electrons. The lowest BCUT2D eigenvalue weighted by molar-refractivity contribution is 1.16. The summed E-state index contributed by atoms with van der Waals surface area (Å²) in [6, 6.07) is 39.8. The maximum absolute atomic E-state index is 8.65. The fraction of sp³-hybridized carbons (Fsp3) is 0. The van der Waals surface area contributed by atoms with Crippen molar-refractivity contribution in [2.24, 2.45) is 4.99 Å². The molecule has 2 N–H and O–H groups in total. The van der Waals surface area contributed by atoms with Gasteiger partial charge in [0.1, 0.15) is 13.3 Å². The van der Waals surface area contributed by atoms with Gasteiger partial charge in [0.2, 0.25) is 0 Å². The Morgan fingerprint density at radius 2 is 1.19 bits per heavy atom. The first-order chi connectivity index (χ1) is 17.6. The van der Waals surface area contributed by atoms with Crippen molar-refractivity contribution in [1.82, 2.24) is 4.98 Å². The van der Waals surface area contributed by atoms with Crippen LogP contribution in [0.2, 0.25) is 0 Å². The molecule has 36 heavy (non-hydrogen) atoms. The van der Waals surface area contributed by atoms with E-state index in [1.54, 1.807) is 0 Å². The minimum Gasteiger partial charge on any atom is -0.345 e. The van der Waals surface area contributed by atoms with Crippen molar-refractivity contribution in [3.05, 3.63) is 133 Å². The average molecular weight is 461 g/mol. The molecular formula is C32H24BN3. The predicted octanol–water partition coefficient (Wildman–Crippen LogP) is 5.84. The van der Waals surface area contributed by atoms with Crippen LogP contribution in [-0.2, 0) is 0 Å². The van der Waals surface area contributed by atoms with Crippen LogP contribution in [0.1, 0.15) is 5.56 Å². The molecule has 1 heterocycles. The molecule has 0 radical (unpaired) electrons. The van der Waals surface area contributed by atoms with Gasteiger partial charge in [-0.05, 0) is 56.4 Å². The van der Waals surface area contributed by atoms with Crippen LogP contribution in [-0.4, -0.2) is 18.7 Å². The van der Waals surface area contributed by atoms with Gasteiger partial charge < -0.3 is 4.98 Å². The molecule has 3 nitrogen and oxygen atoms in total. The lowest BCUT2D eigenvalue weighted by Gasteiger charge is -2.10. The fourth-order valence-corrected chi connectivity index (χ4v) is 4.58. The number of aromatic nitrogens is 1. The zero-order valence-electron chi connectivity index (χ0n) is 20.0. The van der Waals surface area contributed by atoms with E-state index in [0.29, 0.717) is 5.49 Å². The number of nitrogens with one attached hydrogen (secondary N) is 2. The smallest absolute Gasteiger partial charge is 0.154 e. The molecule has 6 aromatic rings. The Morgan fingerprint density at radius 1 is 0.611 bits per heavy atom. The van der Waals surface area contributed by atoms with Gasteiger partial charge in [0.25, 0.3) is 0 Å². The monoisotopic (exact) mass is 461 g/mol. The van der Waals surface area contributed by atoms with Crippen molar-refractivity contribution in [3.8, 4) is 22.3 Å². The fourth-order valence-electron chi connectivity index (χ4n) is 4.58. The molecule has 0 amide bonds. The van der Waals surface area contributed by atoms with Crippen LogP contribution < -0.4 is 11.0 Å². The highest BCUT2D eigenvalue weighted by Crippen LogP contribution is 2.28. The molecular weight excluding hydrogens is 437 g/mol. The molecule has 6 rings (SSSR count). The predicted molar refractivity (Wildman–Crippen MR) is 154 cm³/mol. The van der Waals surface area contributed by atoms with E-state index < -0.39 is 0 Å². The molecule has 0 unspecified atom stereocenters. The van der Waals surface area contributed by atoms with Gasteiger partial charge in [-0.15, -0.1) is 0 Å². The standard InChI is InChI=1S/C32H24BN3/c33-29-15-13-23(14-16-29)31(34)36-32-30(27-12-10-22-6-2-4-8-25(22)18-27)19-28(20-35-32)26-11-9-21-5-1-3-7-24(21)17-26/h1-20H,33H2,(H2,34,35,36). The highest BCUT2D eigenvalue weighted by atomic mass is 14.9. The number of hydrogen-bond acceptors (Lipinski definition) is 1. The number of hydrogen-bond donors (Lipinski definition) is 2. The lowest BCUT2D eigenvalue weighted by Crippen LogP contribution is -2.15. The number of H-pyrrole nitrogens is 1. The quantitative estimate of drug-likeness (QED) is 0.189. The molecule has 0 spiro atoms. The van der Waals surface area contributed by atoms with Crippen molar-refractivity contribution in [3.63, 3.8) is 0 Å². The van der Waals surface area contributed by atoms with Gasteiger partial charge >= 0.3 is 0 Å². The Hall–Kier alpha value is -4.70. The SMILES string of the molecule is Bc1ccc(C(=N)/N=c2\[nH]cc(-c3ccc4ccccc4c3)cc2-c2ccc3ccccc3c2)cc1. The molecule has 0 aliphatic heterocycles. The summed E-state index contributed by atoms with van der Waals surface area (Å²) < 4.78 is 0. The van der Waals surface area contributed by atoms with Crippen LogP contribution in [0.15, 0.2) is 126 Å². The van der Waals surface area contributed by atoms with Gasteiger partial charge in [-0.3, -0.25) is 5.41 Å². The lowest BCUT2D eigenvalue weighted by atomic mass is 9.95. The summed E-state index contributed by atoms with van der Waals surface area (Å²) in [6.07, 6.45) is 1.98. The van der Waals surface area contributed by atoms with Crippen LogP contribution in [0.25, 0.3) is 43.8 Å². The van der Waals surface area contributed by atoms with Crippen LogP contribution in [0.4, 0.5) is 0 Å². The Bertz CT molecular complexity index is 1810. The van der Waals surface area contributed by atoms with Gasteiger partial charge in [0.05, 0.1) is 0 Å². The van der Waals surface area contributed by atoms with E-state index in [0.717, 1.165) is 33.3 Å². The van der Waals surface area contributed by atoms with Gasteiger partial charge in [-0.2, -0.15) is 0 Å². The summed E-state index contributed by atoms with van der Waals surface area (Å²) in [4.78, 5) is 8.13. The van der Waals surface area contributed by atoms with Gasteiger partial charge in [0, 0.05) is 17.3 Å². The highest BCUT2D eigenvalue weighted by Gasteiger charge is 2.09. The van der Waals surface area contributed by atoms with Crippen molar-refractivity contribution < 1.29 is 0 Å².